The van der Waals surface area contributed by atoms with E-state index in [4.69, 9.17) is 11.6 Å². The number of aryl methyl sites for hydroxylation is 1. The third-order valence-electron chi connectivity index (χ3n) is 5.13. The summed E-state index contributed by atoms with van der Waals surface area (Å²) in [6, 6.07) is 23.9. The van der Waals surface area contributed by atoms with Crippen LogP contribution >= 0.6 is 34.7 Å². The number of benzene rings is 3. The Morgan fingerprint density at radius 2 is 1.81 bits per heavy atom. The highest BCUT2D eigenvalue weighted by Crippen LogP contribution is 2.27. The number of halogens is 1. The van der Waals surface area contributed by atoms with Gasteiger partial charge in [-0.3, -0.25) is 13.9 Å². The normalized spacial score (nSPS) is 11.3. The number of para-hydroxylation sites is 1. The summed E-state index contributed by atoms with van der Waals surface area (Å²) in [5, 5.41) is 10.3. The molecule has 0 unspecified atom stereocenters. The van der Waals surface area contributed by atoms with E-state index in [0.29, 0.717) is 17.4 Å². The van der Waals surface area contributed by atoms with E-state index in [0.717, 1.165) is 26.8 Å². The molecule has 2 aromatic heterocycles. The van der Waals surface area contributed by atoms with Crippen molar-refractivity contribution in [3.63, 3.8) is 0 Å². The Hall–Kier alpha value is -2.87. The zero-order valence-electron chi connectivity index (χ0n) is 17.2. The number of nitrogens with zero attached hydrogens (tertiary/aromatic N) is 4. The van der Waals surface area contributed by atoms with Crippen molar-refractivity contribution in [1.29, 1.82) is 0 Å². The minimum absolute atomic E-state index is 0.0132. The molecule has 32 heavy (non-hydrogen) atoms. The number of hydrogen-bond acceptors (Lipinski definition) is 5. The van der Waals surface area contributed by atoms with Crippen LogP contribution in [0.15, 0.2) is 82.7 Å². The lowest BCUT2D eigenvalue weighted by atomic mass is 10.2. The molecule has 0 N–H and O–H groups in total. The average Bonchev–Trinajstić information content (AvgIpc) is 3.34. The molecule has 3 aromatic carbocycles. The molecule has 0 fully saturated rings. The van der Waals surface area contributed by atoms with Crippen LogP contribution < -0.4 is 4.87 Å². The number of fused-ring (bicyclic) bond motifs is 1. The van der Waals surface area contributed by atoms with Gasteiger partial charge >= 0.3 is 4.87 Å². The highest BCUT2D eigenvalue weighted by Gasteiger charge is 2.18. The van der Waals surface area contributed by atoms with Gasteiger partial charge in [0.1, 0.15) is 0 Å². The first kappa shape index (κ1) is 21.0. The van der Waals surface area contributed by atoms with Gasteiger partial charge in [-0.05, 0) is 42.8 Å². The van der Waals surface area contributed by atoms with E-state index in [9.17, 15) is 4.79 Å². The molecule has 0 aliphatic heterocycles. The van der Waals surface area contributed by atoms with Crippen molar-refractivity contribution in [3.05, 3.63) is 104 Å². The lowest BCUT2D eigenvalue weighted by Crippen LogP contribution is -2.16. The summed E-state index contributed by atoms with van der Waals surface area (Å²) in [5.41, 5.74) is 4.22. The van der Waals surface area contributed by atoms with Crippen molar-refractivity contribution in [3.8, 4) is 5.69 Å². The molecule has 2 heterocycles. The minimum Gasteiger partial charge on any atom is -0.291 e. The maximum atomic E-state index is 12.7. The molecule has 0 radical (unpaired) electrons. The lowest BCUT2D eigenvalue weighted by molar-refractivity contribution is 0.726. The molecular weight excluding hydrogens is 460 g/mol. The fourth-order valence-electron chi connectivity index (χ4n) is 3.51. The Balaban J connectivity index is 1.54. The number of aromatic nitrogens is 4. The van der Waals surface area contributed by atoms with Gasteiger partial charge in [0.05, 0.1) is 22.4 Å². The average molecular weight is 479 g/mol. The minimum atomic E-state index is -0.0132. The monoisotopic (exact) mass is 478 g/mol. The number of hydrogen-bond donors (Lipinski definition) is 0. The van der Waals surface area contributed by atoms with Gasteiger partial charge < -0.3 is 0 Å². The van der Waals surface area contributed by atoms with E-state index < -0.39 is 0 Å². The first-order valence-corrected chi connectivity index (χ1v) is 12.2. The molecule has 5 aromatic rings. The third-order valence-corrected chi connectivity index (χ3v) is 7.32. The van der Waals surface area contributed by atoms with Gasteiger partial charge in [0.15, 0.2) is 11.0 Å². The van der Waals surface area contributed by atoms with Crippen LogP contribution in [0.25, 0.3) is 15.9 Å². The van der Waals surface area contributed by atoms with Crippen LogP contribution in [0.2, 0.25) is 5.02 Å². The van der Waals surface area contributed by atoms with Crippen LogP contribution in [-0.4, -0.2) is 19.3 Å². The molecule has 0 spiro atoms. The number of rotatable bonds is 6. The van der Waals surface area contributed by atoms with E-state index in [-0.39, 0.29) is 4.87 Å². The van der Waals surface area contributed by atoms with Gasteiger partial charge in [-0.25, -0.2) is 0 Å². The molecule has 8 heteroatoms. The largest absolute Gasteiger partial charge is 0.308 e. The van der Waals surface area contributed by atoms with Gasteiger partial charge in [0.2, 0.25) is 0 Å². The van der Waals surface area contributed by atoms with E-state index in [1.165, 1.54) is 22.5 Å². The van der Waals surface area contributed by atoms with Crippen molar-refractivity contribution in [2.75, 3.05) is 0 Å². The van der Waals surface area contributed by atoms with Crippen LogP contribution in [-0.2, 0) is 12.3 Å². The van der Waals surface area contributed by atoms with Crippen LogP contribution in [0.3, 0.4) is 0 Å². The smallest absolute Gasteiger partial charge is 0.291 e. The second-order valence-electron chi connectivity index (χ2n) is 7.41. The summed E-state index contributed by atoms with van der Waals surface area (Å²) in [6.45, 7) is 2.41. The molecule has 0 amide bonds. The summed E-state index contributed by atoms with van der Waals surface area (Å²) in [7, 11) is 0. The van der Waals surface area contributed by atoms with Crippen molar-refractivity contribution in [2.24, 2.45) is 0 Å². The lowest BCUT2D eigenvalue weighted by Gasteiger charge is -2.11. The first-order chi connectivity index (χ1) is 15.6. The zero-order valence-corrected chi connectivity index (χ0v) is 19.6. The van der Waals surface area contributed by atoms with Gasteiger partial charge in [0.25, 0.3) is 0 Å². The summed E-state index contributed by atoms with van der Waals surface area (Å²) in [4.78, 5) is 12.7. The predicted octanol–water partition coefficient (Wildman–Crippen LogP) is 5.95. The van der Waals surface area contributed by atoms with Crippen molar-refractivity contribution in [1.82, 2.24) is 19.3 Å². The van der Waals surface area contributed by atoms with Crippen LogP contribution in [0, 0.1) is 6.92 Å². The van der Waals surface area contributed by atoms with Crippen LogP contribution in [0.1, 0.15) is 17.0 Å². The van der Waals surface area contributed by atoms with Crippen molar-refractivity contribution < 1.29 is 0 Å². The second kappa shape index (κ2) is 8.94. The molecule has 0 aliphatic carbocycles. The summed E-state index contributed by atoms with van der Waals surface area (Å²) in [5.74, 6) is 1.45. The van der Waals surface area contributed by atoms with E-state index in [1.807, 2.05) is 53.1 Å². The molecule has 0 saturated heterocycles. The number of thiazole rings is 1. The molecular formula is C24H19ClN4OS2. The van der Waals surface area contributed by atoms with E-state index >= 15 is 0 Å². The summed E-state index contributed by atoms with van der Waals surface area (Å²) in [6.07, 6.45) is 0. The highest BCUT2D eigenvalue weighted by atomic mass is 35.5. The van der Waals surface area contributed by atoms with Crippen LogP contribution in [0.5, 0.6) is 0 Å². The zero-order chi connectivity index (χ0) is 22.1. The molecule has 0 bridgehead atoms. The molecule has 0 atom stereocenters. The molecule has 0 saturated carbocycles. The Bertz CT molecular complexity index is 1450. The van der Waals surface area contributed by atoms with Gasteiger partial charge in [-0.2, -0.15) is 0 Å². The SMILES string of the molecule is Cc1ccc(CSc2nnc(Cn3c(=O)sc4ccccc43)n2-c2cccc(Cl)c2)cc1. The standard InChI is InChI=1S/C24H19ClN4OS2/c1-16-9-11-17(12-10-16)15-31-23-27-26-22(29(23)19-6-4-5-18(25)13-19)14-28-20-7-2-3-8-21(20)32-24(28)30/h2-13H,14-15H2,1H3. The van der Waals surface area contributed by atoms with E-state index in [2.05, 4.69) is 41.4 Å². The Labute approximate surface area is 198 Å². The van der Waals surface area contributed by atoms with Crippen molar-refractivity contribution >= 4 is 44.9 Å². The fraction of sp³-hybridized carbons (Fsp3) is 0.125. The maximum absolute atomic E-state index is 12.7. The molecule has 0 aliphatic rings. The summed E-state index contributed by atoms with van der Waals surface area (Å²) < 4.78 is 4.70. The third kappa shape index (κ3) is 4.24. The van der Waals surface area contributed by atoms with Gasteiger partial charge in [-0.15, -0.1) is 10.2 Å². The highest BCUT2D eigenvalue weighted by molar-refractivity contribution is 7.98. The Morgan fingerprint density at radius 1 is 1.00 bits per heavy atom. The maximum Gasteiger partial charge on any atom is 0.308 e. The van der Waals surface area contributed by atoms with Gasteiger partial charge in [-0.1, -0.05) is 82.7 Å². The summed E-state index contributed by atoms with van der Waals surface area (Å²) >= 11 is 9.14. The number of thioether (sulfide) groups is 1. The fourth-order valence-corrected chi connectivity index (χ4v) is 5.51. The molecule has 5 nitrogen and oxygen atoms in total. The predicted molar refractivity (Wildman–Crippen MR) is 132 cm³/mol. The van der Waals surface area contributed by atoms with Gasteiger partial charge in [0, 0.05) is 10.8 Å². The van der Waals surface area contributed by atoms with E-state index in [1.54, 1.807) is 16.3 Å². The molecule has 160 valence electrons. The Morgan fingerprint density at radius 3 is 2.62 bits per heavy atom. The molecule has 5 rings (SSSR count). The second-order valence-corrected chi connectivity index (χ2v) is 9.78. The topological polar surface area (TPSA) is 52.7 Å². The Kier molecular flexibility index (Phi) is 5.87. The van der Waals surface area contributed by atoms with Crippen LogP contribution in [0.4, 0.5) is 0 Å². The quantitative estimate of drug-likeness (QED) is 0.283. The first-order valence-electron chi connectivity index (χ1n) is 10.1. The van der Waals surface area contributed by atoms with Crippen molar-refractivity contribution in [2.45, 2.75) is 24.4 Å².